The van der Waals surface area contributed by atoms with E-state index in [-0.39, 0.29) is 23.0 Å². The Bertz CT molecular complexity index is 1410. The highest BCUT2D eigenvalue weighted by atomic mass is 16.6. The van der Waals surface area contributed by atoms with Crippen molar-refractivity contribution in [3.63, 3.8) is 0 Å². The standard InChI is InChI=1S/C25H23N5O5/c1-15(2)29-23-18(14-27-29)12-19(13-26-23)25(32)35-22(17-7-5-4-6-8-17)24(31)28-20-10-9-16(3)11-21(20)30(33)34/h4-15,22H,1-3H3,(H,28,31). The number of nitrogens with one attached hydrogen (secondary N) is 1. The van der Waals surface area contributed by atoms with Gasteiger partial charge in [0.1, 0.15) is 5.69 Å². The molecular formula is C25H23N5O5. The number of pyridine rings is 1. The van der Waals surface area contributed by atoms with Gasteiger partial charge in [-0.05, 0) is 38.5 Å². The Balaban J connectivity index is 1.63. The van der Waals surface area contributed by atoms with Crippen molar-refractivity contribution < 1.29 is 19.2 Å². The molecule has 0 saturated carbocycles. The largest absolute Gasteiger partial charge is 0.444 e. The van der Waals surface area contributed by atoms with Crippen LogP contribution in [0.4, 0.5) is 11.4 Å². The molecule has 2 heterocycles. The number of amides is 1. The summed E-state index contributed by atoms with van der Waals surface area (Å²) in [5.74, 6) is -1.49. The molecule has 35 heavy (non-hydrogen) atoms. The Hall–Kier alpha value is -4.60. The lowest BCUT2D eigenvalue weighted by Crippen LogP contribution is -2.26. The van der Waals surface area contributed by atoms with Crippen LogP contribution in [0.3, 0.4) is 0 Å². The Morgan fingerprint density at radius 2 is 1.83 bits per heavy atom. The van der Waals surface area contributed by atoms with E-state index >= 15 is 0 Å². The number of esters is 1. The summed E-state index contributed by atoms with van der Waals surface area (Å²) >= 11 is 0. The average molecular weight is 473 g/mol. The molecule has 1 atom stereocenters. The third kappa shape index (κ3) is 5.01. The molecule has 2 aromatic heterocycles. The Labute approximate surface area is 200 Å². The molecule has 0 fully saturated rings. The molecule has 0 bridgehead atoms. The first kappa shape index (κ1) is 23.6. The zero-order valence-corrected chi connectivity index (χ0v) is 19.3. The second-order valence-electron chi connectivity index (χ2n) is 8.28. The molecule has 178 valence electrons. The zero-order chi connectivity index (χ0) is 25.1. The molecule has 0 saturated heterocycles. The van der Waals surface area contributed by atoms with E-state index in [0.29, 0.717) is 22.2 Å². The first-order valence-electron chi connectivity index (χ1n) is 10.9. The fourth-order valence-corrected chi connectivity index (χ4v) is 3.60. The number of ether oxygens (including phenoxy) is 1. The van der Waals surface area contributed by atoms with Crippen LogP contribution in [0.25, 0.3) is 11.0 Å². The van der Waals surface area contributed by atoms with Crippen molar-refractivity contribution in [1.29, 1.82) is 0 Å². The number of carbonyl (C=O) groups is 2. The molecule has 0 aliphatic rings. The molecule has 1 unspecified atom stereocenters. The van der Waals surface area contributed by atoms with Gasteiger partial charge < -0.3 is 10.1 Å². The monoisotopic (exact) mass is 473 g/mol. The summed E-state index contributed by atoms with van der Waals surface area (Å²) < 4.78 is 7.33. The third-order valence-electron chi connectivity index (χ3n) is 5.33. The number of hydrogen-bond donors (Lipinski definition) is 1. The molecule has 1 N–H and O–H groups in total. The number of nitro benzene ring substituents is 1. The van der Waals surface area contributed by atoms with E-state index in [1.165, 1.54) is 18.3 Å². The van der Waals surface area contributed by atoms with Crippen LogP contribution < -0.4 is 5.32 Å². The number of nitrogens with zero attached hydrogens (tertiary/aromatic N) is 4. The van der Waals surface area contributed by atoms with Crippen molar-refractivity contribution in [2.24, 2.45) is 0 Å². The molecule has 2 aromatic carbocycles. The van der Waals surface area contributed by atoms with Crippen molar-refractivity contribution in [2.45, 2.75) is 32.9 Å². The van der Waals surface area contributed by atoms with E-state index < -0.39 is 22.9 Å². The number of nitro groups is 1. The van der Waals surface area contributed by atoms with Gasteiger partial charge in [-0.1, -0.05) is 36.4 Å². The van der Waals surface area contributed by atoms with E-state index in [1.54, 1.807) is 60.3 Å². The van der Waals surface area contributed by atoms with Crippen LogP contribution in [-0.4, -0.2) is 31.6 Å². The van der Waals surface area contributed by atoms with Crippen molar-refractivity contribution in [1.82, 2.24) is 14.8 Å². The second kappa shape index (κ2) is 9.72. The lowest BCUT2D eigenvalue weighted by Gasteiger charge is -2.18. The van der Waals surface area contributed by atoms with E-state index in [1.807, 2.05) is 13.8 Å². The smallest absolute Gasteiger partial charge is 0.340 e. The van der Waals surface area contributed by atoms with Crippen LogP contribution in [0.2, 0.25) is 0 Å². The molecule has 10 heteroatoms. The van der Waals surface area contributed by atoms with Crippen molar-refractivity contribution in [3.05, 3.63) is 93.8 Å². The molecular weight excluding hydrogens is 450 g/mol. The van der Waals surface area contributed by atoms with Crippen molar-refractivity contribution >= 4 is 34.3 Å². The van der Waals surface area contributed by atoms with Gasteiger partial charge in [-0.3, -0.25) is 14.9 Å². The average Bonchev–Trinajstić information content (AvgIpc) is 3.27. The van der Waals surface area contributed by atoms with Crippen LogP contribution in [0.5, 0.6) is 0 Å². The maximum absolute atomic E-state index is 13.2. The third-order valence-corrected chi connectivity index (χ3v) is 5.33. The summed E-state index contributed by atoms with van der Waals surface area (Å²) in [6.45, 7) is 5.65. The Morgan fingerprint density at radius 3 is 2.51 bits per heavy atom. The fourth-order valence-electron chi connectivity index (χ4n) is 3.60. The zero-order valence-electron chi connectivity index (χ0n) is 19.3. The van der Waals surface area contributed by atoms with Crippen LogP contribution in [0.15, 0.2) is 67.0 Å². The molecule has 0 spiro atoms. The van der Waals surface area contributed by atoms with Crippen LogP contribution in [-0.2, 0) is 9.53 Å². The maximum Gasteiger partial charge on any atom is 0.340 e. The summed E-state index contributed by atoms with van der Waals surface area (Å²) in [5, 5.41) is 18.9. The molecule has 10 nitrogen and oxygen atoms in total. The minimum Gasteiger partial charge on any atom is -0.444 e. The summed E-state index contributed by atoms with van der Waals surface area (Å²) in [7, 11) is 0. The predicted octanol–water partition coefficient (Wildman–Crippen LogP) is 4.77. The van der Waals surface area contributed by atoms with Crippen LogP contribution >= 0.6 is 0 Å². The lowest BCUT2D eigenvalue weighted by molar-refractivity contribution is -0.384. The predicted molar refractivity (Wildman–Crippen MR) is 129 cm³/mol. The van der Waals surface area contributed by atoms with Gasteiger partial charge in [0.2, 0.25) is 6.10 Å². The molecule has 0 radical (unpaired) electrons. The number of rotatable bonds is 7. The molecule has 0 aliphatic carbocycles. The quantitative estimate of drug-likeness (QED) is 0.233. The first-order chi connectivity index (χ1) is 16.7. The van der Waals surface area contributed by atoms with Gasteiger partial charge in [0.05, 0.1) is 16.7 Å². The van der Waals surface area contributed by atoms with Crippen LogP contribution in [0, 0.1) is 17.0 Å². The maximum atomic E-state index is 13.2. The van der Waals surface area contributed by atoms with Gasteiger partial charge in [0.25, 0.3) is 11.6 Å². The van der Waals surface area contributed by atoms with Gasteiger partial charge in [-0.2, -0.15) is 5.10 Å². The number of aromatic nitrogens is 3. The highest BCUT2D eigenvalue weighted by molar-refractivity contribution is 6.00. The number of benzene rings is 2. The summed E-state index contributed by atoms with van der Waals surface area (Å²) in [5.41, 5.74) is 1.61. The Morgan fingerprint density at radius 1 is 1.09 bits per heavy atom. The minimum atomic E-state index is -1.35. The highest BCUT2D eigenvalue weighted by Gasteiger charge is 2.28. The summed E-state index contributed by atoms with van der Waals surface area (Å²) in [6, 6.07) is 14.6. The lowest BCUT2D eigenvalue weighted by atomic mass is 10.1. The van der Waals surface area contributed by atoms with E-state index in [0.717, 1.165) is 0 Å². The number of carbonyl (C=O) groups excluding carboxylic acids is 2. The van der Waals surface area contributed by atoms with E-state index in [4.69, 9.17) is 4.74 Å². The van der Waals surface area contributed by atoms with E-state index in [9.17, 15) is 19.7 Å². The molecule has 4 aromatic rings. The van der Waals surface area contributed by atoms with Crippen molar-refractivity contribution in [3.8, 4) is 0 Å². The minimum absolute atomic E-state index is 0.00626. The van der Waals surface area contributed by atoms with Gasteiger partial charge in [0.15, 0.2) is 5.65 Å². The van der Waals surface area contributed by atoms with Crippen molar-refractivity contribution in [2.75, 3.05) is 5.32 Å². The molecule has 1 amide bonds. The van der Waals surface area contributed by atoms with Gasteiger partial charge in [-0.25, -0.2) is 14.5 Å². The number of hydrogen-bond acceptors (Lipinski definition) is 7. The van der Waals surface area contributed by atoms with E-state index in [2.05, 4.69) is 15.4 Å². The van der Waals surface area contributed by atoms with Gasteiger partial charge >= 0.3 is 5.97 Å². The van der Waals surface area contributed by atoms with Gasteiger partial charge in [-0.15, -0.1) is 0 Å². The number of fused-ring (bicyclic) bond motifs is 1. The molecule has 0 aliphatic heterocycles. The Kier molecular flexibility index (Phi) is 6.54. The number of aryl methyl sites for hydroxylation is 1. The SMILES string of the molecule is Cc1ccc(NC(=O)C(OC(=O)c2cnc3c(cnn3C(C)C)c2)c2ccccc2)c([N+](=O)[O-])c1. The topological polar surface area (TPSA) is 129 Å². The normalized spacial score (nSPS) is 11.9. The fraction of sp³-hybridized carbons (Fsp3) is 0.200. The second-order valence-corrected chi connectivity index (χ2v) is 8.28. The van der Waals surface area contributed by atoms with Gasteiger partial charge in [0, 0.05) is 29.3 Å². The first-order valence-corrected chi connectivity index (χ1v) is 10.9. The van der Waals surface area contributed by atoms with Crippen LogP contribution in [0.1, 0.15) is 47.5 Å². The molecule has 4 rings (SSSR count). The highest BCUT2D eigenvalue weighted by Crippen LogP contribution is 2.28. The summed E-state index contributed by atoms with van der Waals surface area (Å²) in [6.07, 6.45) is 1.63. The summed E-state index contributed by atoms with van der Waals surface area (Å²) in [4.78, 5) is 41.4. The number of anilines is 1.